The minimum absolute atomic E-state index is 0.119. The first-order valence-electron chi connectivity index (χ1n) is 12.3. The number of hydrogen-bond donors (Lipinski definition) is 1. The largest absolute Gasteiger partial charge is 0.388 e. The van der Waals surface area contributed by atoms with E-state index in [9.17, 15) is 14.7 Å². The maximum absolute atomic E-state index is 13.0. The third-order valence-electron chi connectivity index (χ3n) is 6.76. The van der Waals surface area contributed by atoms with Crippen molar-refractivity contribution in [3.63, 3.8) is 0 Å². The first-order chi connectivity index (χ1) is 16.8. The molecule has 1 fully saturated rings. The van der Waals surface area contributed by atoms with Crippen molar-refractivity contribution in [3.8, 4) is 11.1 Å². The Morgan fingerprint density at radius 2 is 1.63 bits per heavy atom. The van der Waals surface area contributed by atoms with Crippen LogP contribution in [0.3, 0.4) is 0 Å². The second kappa shape index (κ2) is 11.0. The van der Waals surface area contributed by atoms with Crippen molar-refractivity contribution in [2.45, 2.75) is 44.4 Å². The van der Waals surface area contributed by atoms with Crippen molar-refractivity contribution in [1.29, 1.82) is 0 Å². The van der Waals surface area contributed by atoms with Crippen LogP contribution < -0.4 is 5.56 Å². The number of benzene rings is 2. The highest BCUT2D eigenvalue weighted by Crippen LogP contribution is 2.27. The molecule has 0 bridgehead atoms. The molecule has 1 aliphatic heterocycles. The maximum Gasteiger partial charge on any atom is 0.251 e. The molecule has 35 heavy (non-hydrogen) atoms. The van der Waals surface area contributed by atoms with Crippen LogP contribution in [0.1, 0.15) is 30.4 Å². The predicted molar refractivity (Wildman–Crippen MR) is 139 cm³/mol. The van der Waals surface area contributed by atoms with Gasteiger partial charge in [0.25, 0.3) is 5.56 Å². The number of piperidine rings is 1. The predicted octanol–water partition coefficient (Wildman–Crippen LogP) is 3.56. The Morgan fingerprint density at radius 1 is 1.00 bits per heavy atom. The minimum atomic E-state index is -1.01. The van der Waals surface area contributed by atoms with E-state index in [2.05, 4.69) is 4.90 Å². The molecule has 1 amide bonds. The topological polar surface area (TPSA) is 65.8 Å². The number of likely N-dealkylation sites (tertiary alicyclic amines) is 1. The van der Waals surface area contributed by atoms with Gasteiger partial charge in [0.1, 0.15) is 0 Å². The Bertz CT molecular complexity index is 1180. The number of rotatable bonds is 8. The first-order valence-corrected chi connectivity index (χ1v) is 12.3. The summed E-state index contributed by atoms with van der Waals surface area (Å²) in [6.07, 6.45) is 3.99. The number of pyridine rings is 1. The molecule has 4 rings (SSSR count). The average Bonchev–Trinajstić information content (AvgIpc) is 2.85. The lowest BCUT2D eigenvalue weighted by atomic mass is 9.90. The summed E-state index contributed by atoms with van der Waals surface area (Å²) >= 11 is 0. The molecule has 2 heterocycles. The number of amides is 1. The highest BCUT2D eigenvalue weighted by atomic mass is 16.3. The molecule has 1 saturated heterocycles. The summed E-state index contributed by atoms with van der Waals surface area (Å²) in [7, 11) is 4.00. The van der Waals surface area contributed by atoms with Crippen molar-refractivity contribution in [1.82, 2.24) is 14.4 Å². The van der Waals surface area contributed by atoms with Crippen LogP contribution in [0.2, 0.25) is 0 Å². The van der Waals surface area contributed by atoms with Gasteiger partial charge >= 0.3 is 0 Å². The van der Waals surface area contributed by atoms with Crippen molar-refractivity contribution in [2.24, 2.45) is 0 Å². The van der Waals surface area contributed by atoms with Crippen molar-refractivity contribution >= 4 is 5.91 Å². The molecule has 0 aliphatic carbocycles. The van der Waals surface area contributed by atoms with Gasteiger partial charge in [0, 0.05) is 38.3 Å². The number of hydrogen-bond acceptors (Lipinski definition) is 4. The highest BCUT2D eigenvalue weighted by Gasteiger charge is 2.34. The van der Waals surface area contributed by atoms with Crippen LogP contribution in [0, 0.1) is 0 Å². The molecular weight excluding hydrogens is 438 g/mol. The Morgan fingerprint density at radius 3 is 2.26 bits per heavy atom. The van der Waals surface area contributed by atoms with E-state index in [4.69, 9.17) is 0 Å². The van der Waals surface area contributed by atoms with Crippen LogP contribution in [0.25, 0.3) is 11.1 Å². The monoisotopic (exact) mass is 473 g/mol. The Balaban J connectivity index is 1.43. The Hall–Kier alpha value is -3.22. The van der Waals surface area contributed by atoms with Gasteiger partial charge in [-0.1, -0.05) is 60.7 Å². The standard InChI is InChI=1S/C29H35N3O3/c1-30(2)20-25-21-32(28(34)19-26(25)24-11-7-4-8-12-24)22-29(35)15-17-31(18-16-29)27(33)14-13-23-9-5-3-6-10-23/h3-12,19,21,35H,13-18,20,22H2,1-2H3. The molecule has 3 aromatic rings. The third-order valence-corrected chi connectivity index (χ3v) is 6.76. The number of carbonyl (C=O) groups is 1. The molecule has 0 radical (unpaired) electrons. The number of aromatic nitrogens is 1. The molecule has 0 unspecified atom stereocenters. The third kappa shape index (κ3) is 6.47. The summed E-state index contributed by atoms with van der Waals surface area (Å²) in [5.41, 5.74) is 2.99. The van der Waals surface area contributed by atoms with Crippen LogP contribution in [0.15, 0.2) is 77.7 Å². The second-order valence-electron chi connectivity index (χ2n) is 9.87. The van der Waals surface area contributed by atoms with E-state index >= 15 is 0 Å². The Labute approximate surface area is 207 Å². The van der Waals surface area contributed by atoms with Crippen LogP contribution in [0.5, 0.6) is 0 Å². The second-order valence-corrected chi connectivity index (χ2v) is 9.87. The van der Waals surface area contributed by atoms with E-state index in [1.165, 1.54) is 0 Å². The summed E-state index contributed by atoms with van der Waals surface area (Å²) in [4.78, 5) is 29.6. The molecule has 1 N–H and O–H groups in total. The van der Waals surface area contributed by atoms with Gasteiger partial charge in [-0.15, -0.1) is 0 Å². The maximum atomic E-state index is 13.0. The molecular formula is C29H35N3O3. The molecule has 0 saturated carbocycles. The quantitative estimate of drug-likeness (QED) is 0.543. The van der Waals surface area contributed by atoms with Crippen LogP contribution in [-0.4, -0.2) is 58.2 Å². The molecule has 1 aromatic heterocycles. The summed E-state index contributed by atoms with van der Waals surface area (Å²) in [5, 5.41) is 11.3. The SMILES string of the molecule is CN(C)Cc1cn(CC2(O)CCN(C(=O)CCc3ccccc3)CC2)c(=O)cc1-c1ccccc1. The Kier molecular flexibility index (Phi) is 7.83. The fourth-order valence-corrected chi connectivity index (χ4v) is 4.80. The van der Waals surface area contributed by atoms with E-state index in [0.717, 1.165) is 28.7 Å². The number of aryl methyl sites for hydroxylation is 1. The zero-order valence-corrected chi connectivity index (χ0v) is 20.7. The molecule has 184 valence electrons. The van der Waals surface area contributed by atoms with Gasteiger partial charge in [0.2, 0.25) is 5.91 Å². The van der Waals surface area contributed by atoms with Gasteiger partial charge in [0.15, 0.2) is 0 Å². The molecule has 0 spiro atoms. The zero-order chi connectivity index (χ0) is 24.8. The lowest BCUT2D eigenvalue weighted by Crippen LogP contribution is -2.49. The summed E-state index contributed by atoms with van der Waals surface area (Å²) in [6.45, 7) is 1.93. The van der Waals surface area contributed by atoms with E-state index in [-0.39, 0.29) is 18.0 Å². The molecule has 1 aliphatic rings. The van der Waals surface area contributed by atoms with E-state index in [1.807, 2.05) is 85.9 Å². The zero-order valence-electron chi connectivity index (χ0n) is 20.7. The summed E-state index contributed by atoms with van der Waals surface area (Å²) < 4.78 is 1.64. The molecule has 6 nitrogen and oxygen atoms in total. The normalized spacial score (nSPS) is 15.4. The van der Waals surface area contributed by atoms with Gasteiger partial charge in [0.05, 0.1) is 12.1 Å². The molecule has 0 atom stereocenters. The van der Waals surface area contributed by atoms with Crippen molar-refractivity contribution < 1.29 is 9.90 Å². The van der Waals surface area contributed by atoms with Gasteiger partial charge in [-0.3, -0.25) is 9.59 Å². The fraction of sp³-hybridized carbons (Fsp3) is 0.379. The molecule has 2 aromatic carbocycles. The van der Waals surface area contributed by atoms with Gasteiger partial charge < -0.3 is 19.5 Å². The van der Waals surface area contributed by atoms with E-state index < -0.39 is 5.60 Å². The minimum Gasteiger partial charge on any atom is -0.388 e. The fourth-order valence-electron chi connectivity index (χ4n) is 4.80. The van der Waals surface area contributed by atoms with Crippen molar-refractivity contribution in [3.05, 3.63) is 94.4 Å². The number of carbonyl (C=O) groups excluding carboxylic acids is 1. The molecule has 6 heteroatoms. The lowest BCUT2D eigenvalue weighted by Gasteiger charge is -2.38. The van der Waals surface area contributed by atoms with Gasteiger partial charge in [-0.2, -0.15) is 0 Å². The van der Waals surface area contributed by atoms with Gasteiger partial charge in [-0.05, 0) is 55.6 Å². The summed E-state index contributed by atoms with van der Waals surface area (Å²) in [5.74, 6) is 0.119. The van der Waals surface area contributed by atoms with E-state index in [1.54, 1.807) is 10.6 Å². The number of aliphatic hydroxyl groups is 1. The van der Waals surface area contributed by atoms with E-state index in [0.29, 0.717) is 38.9 Å². The van der Waals surface area contributed by atoms with Crippen molar-refractivity contribution in [2.75, 3.05) is 27.2 Å². The average molecular weight is 474 g/mol. The van der Waals surface area contributed by atoms with Gasteiger partial charge in [-0.25, -0.2) is 0 Å². The summed E-state index contributed by atoms with van der Waals surface area (Å²) in [6, 6.07) is 21.6. The van der Waals surface area contributed by atoms with Crippen LogP contribution >= 0.6 is 0 Å². The highest BCUT2D eigenvalue weighted by molar-refractivity contribution is 5.76. The smallest absolute Gasteiger partial charge is 0.251 e. The van der Waals surface area contributed by atoms with Crippen LogP contribution in [0.4, 0.5) is 0 Å². The van der Waals surface area contributed by atoms with Crippen LogP contribution in [-0.2, 0) is 24.3 Å². The lowest BCUT2D eigenvalue weighted by molar-refractivity contribution is -0.135. The number of nitrogens with zero attached hydrogens (tertiary/aromatic N) is 3. The first kappa shape index (κ1) is 24.9.